The Morgan fingerprint density at radius 1 is 1.31 bits per heavy atom. The molecule has 0 rings (SSSR count). The SMILES string of the molecule is CON(C)C(=O)CCCNC(=O)C(C)(C)C. The van der Waals surface area contributed by atoms with E-state index in [1.54, 1.807) is 7.05 Å². The second-order valence-corrected chi connectivity index (χ2v) is 4.68. The third kappa shape index (κ3) is 5.70. The van der Waals surface area contributed by atoms with Crippen molar-refractivity contribution in [3.05, 3.63) is 0 Å². The monoisotopic (exact) mass is 230 g/mol. The summed E-state index contributed by atoms with van der Waals surface area (Å²) >= 11 is 0. The Hall–Kier alpha value is -1.10. The quantitative estimate of drug-likeness (QED) is 0.565. The average molecular weight is 230 g/mol. The van der Waals surface area contributed by atoms with Crippen LogP contribution in [0.3, 0.4) is 0 Å². The van der Waals surface area contributed by atoms with Gasteiger partial charge in [-0.1, -0.05) is 20.8 Å². The number of nitrogens with one attached hydrogen (secondary N) is 1. The molecule has 0 atom stereocenters. The summed E-state index contributed by atoms with van der Waals surface area (Å²) in [4.78, 5) is 27.5. The highest BCUT2D eigenvalue weighted by molar-refractivity contribution is 5.81. The zero-order valence-electron chi connectivity index (χ0n) is 10.8. The molecule has 0 aliphatic heterocycles. The number of carbonyl (C=O) groups excluding carboxylic acids is 2. The van der Waals surface area contributed by atoms with E-state index in [-0.39, 0.29) is 17.2 Å². The zero-order valence-corrected chi connectivity index (χ0v) is 10.8. The highest BCUT2D eigenvalue weighted by Gasteiger charge is 2.20. The summed E-state index contributed by atoms with van der Waals surface area (Å²) in [5, 5.41) is 3.97. The van der Waals surface area contributed by atoms with Crippen molar-refractivity contribution >= 4 is 11.8 Å². The normalized spacial score (nSPS) is 11.1. The maximum Gasteiger partial charge on any atom is 0.245 e. The first kappa shape index (κ1) is 14.9. The highest BCUT2D eigenvalue weighted by atomic mass is 16.7. The van der Waals surface area contributed by atoms with Gasteiger partial charge in [-0.05, 0) is 6.42 Å². The van der Waals surface area contributed by atoms with Gasteiger partial charge in [-0.25, -0.2) is 5.06 Å². The summed E-state index contributed by atoms with van der Waals surface area (Å²) in [6, 6.07) is 0. The fourth-order valence-electron chi connectivity index (χ4n) is 0.966. The number of amides is 2. The lowest BCUT2D eigenvalue weighted by Crippen LogP contribution is -2.35. The minimum absolute atomic E-state index is 0.0000418. The van der Waals surface area contributed by atoms with Crippen LogP contribution in [0.5, 0.6) is 0 Å². The zero-order chi connectivity index (χ0) is 12.8. The van der Waals surface area contributed by atoms with Crippen molar-refractivity contribution < 1.29 is 14.4 Å². The van der Waals surface area contributed by atoms with E-state index < -0.39 is 0 Å². The molecule has 0 fully saturated rings. The molecule has 0 aromatic heterocycles. The summed E-state index contributed by atoms with van der Waals surface area (Å²) in [6.45, 7) is 6.07. The van der Waals surface area contributed by atoms with E-state index in [2.05, 4.69) is 5.32 Å². The van der Waals surface area contributed by atoms with Crippen LogP contribution in [0, 0.1) is 5.41 Å². The van der Waals surface area contributed by atoms with Crippen LogP contribution < -0.4 is 5.32 Å². The van der Waals surface area contributed by atoms with Gasteiger partial charge in [-0.3, -0.25) is 14.4 Å². The van der Waals surface area contributed by atoms with E-state index in [0.717, 1.165) is 0 Å². The van der Waals surface area contributed by atoms with Gasteiger partial charge in [0, 0.05) is 25.4 Å². The molecule has 0 unspecified atom stereocenters. The van der Waals surface area contributed by atoms with Crippen molar-refractivity contribution in [3.8, 4) is 0 Å². The summed E-state index contributed by atoms with van der Waals surface area (Å²) in [6.07, 6.45) is 0.989. The molecule has 0 aliphatic rings. The van der Waals surface area contributed by atoms with Gasteiger partial charge in [0.15, 0.2) is 0 Å². The molecule has 0 bridgehead atoms. The van der Waals surface area contributed by atoms with E-state index >= 15 is 0 Å². The molecule has 0 aromatic rings. The lowest BCUT2D eigenvalue weighted by atomic mass is 9.96. The van der Waals surface area contributed by atoms with Crippen molar-refractivity contribution in [1.29, 1.82) is 0 Å². The van der Waals surface area contributed by atoms with Crippen LogP contribution in [0.2, 0.25) is 0 Å². The molecule has 0 saturated carbocycles. The Morgan fingerprint density at radius 3 is 2.31 bits per heavy atom. The van der Waals surface area contributed by atoms with Crippen molar-refractivity contribution in [1.82, 2.24) is 10.4 Å². The van der Waals surface area contributed by atoms with Crippen molar-refractivity contribution in [3.63, 3.8) is 0 Å². The number of hydrogen-bond acceptors (Lipinski definition) is 3. The van der Waals surface area contributed by atoms with E-state index in [1.165, 1.54) is 12.2 Å². The predicted molar refractivity (Wildman–Crippen MR) is 61.5 cm³/mol. The average Bonchev–Trinajstić information content (AvgIpc) is 2.20. The van der Waals surface area contributed by atoms with Crippen LogP contribution in [0.4, 0.5) is 0 Å². The van der Waals surface area contributed by atoms with E-state index in [1.807, 2.05) is 20.8 Å². The fraction of sp³-hybridized carbons (Fsp3) is 0.818. The highest BCUT2D eigenvalue weighted by Crippen LogP contribution is 2.12. The second-order valence-electron chi connectivity index (χ2n) is 4.68. The fourth-order valence-corrected chi connectivity index (χ4v) is 0.966. The molecule has 0 radical (unpaired) electrons. The van der Waals surface area contributed by atoms with Crippen LogP contribution in [0.1, 0.15) is 33.6 Å². The molecule has 0 saturated heterocycles. The number of hydroxylamine groups is 2. The molecule has 5 heteroatoms. The minimum Gasteiger partial charge on any atom is -0.356 e. The van der Waals surface area contributed by atoms with Crippen LogP contribution in [-0.4, -0.2) is 37.6 Å². The Labute approximate surface area is 97.1 Å². The van der Waals surface area contributed by atoms with Crippen molar-refractivity contribution in [2.24, 2.45) is 5.41 Å². The lowest BCUT2D eigenvalue weighted by molar-refractivity contribution is -0.168. The molecule has 94 valence electrons. The molecular formula is C11H22N2O3. The molecule has 1 N–H and O–H groups in total. The Bertz CT molecular complexity index is 246. The Kier molecular flexibility index (Phi) is 6.03. The molecule has 0 aliphatic carbocycles. The molecule has 0 spiro atoms. The molecule has 2 amide bonds. The Morgan fingerprint density at radius 2 is 1.88 bits per heavy atom. The third-order valence-corrected chi connectivity index (χ3v) is 2.16. The summed E-state index contributed by atoms with van der Waals surface area (Å²) < 4.78 is 0. The van der Waals surface area contributed by atoms with Crippen LogP contribution in [0.25, 0.3) is 0 Å². The van der Waals surface area contributed by atoms with E-state index in [4.69, 9.17) is 4.84 Å². The maximum absolute atomic E-state index is 11.5. The first-order chi connectivity index (χ1) is 7.29. The molecule has 5 nitrogen and oxygen atoms in total. The van der Waals surface area contributed by atoms with E-state index in [0.29, 0.717) is 19.4 Å². The molecular weight excluding hydrogens is 208 g/mol. The smallest absolute Gasteiger partial charge is 0.245 e. The lowest BCUT2D eigenvalue weighted by Gasteiger charge is -2.18. The van der Waals surface area contributed by atoms with Crippen molar-refractivity contribution in [2.45, 2.75) is 33.6 Å². The van der Waals surface area contributed by atoms with E-state index in [9.17, 15) is 9.59 Å². The van der Waals surface area contributed by atoms with Gasteiger partial charge >= 0.3 is 0 Å². The van der Waals surface area contributed by atoms with Gasteiger partial charge in [-0.15, -0.1) is 0 Å². The largest absolute Gasteiger partial charge is 0.356 e. The van der Waals surface area contributed by atoms with Gasteiger partial charge < -0.3 is 5.32 Å². The summed E-state index contributed by atoms with van der Waals surface area (Å²) in [5.41, 5.74) is -0.382. The number of carbonyl (C=O) groups is 2. The predicted octanol–water partition coefficient (Wildman–Crippen LogP) is 0.949. The van der Waals surface area contributed by atoms with Gasteiger partial charge in [0.2, 0.25) is 11.8 Å². The molecule has 0 aromatic carbocycles. The number of hydrogen-bond donors (Lipinski definition) is 1. The molecule has 0 heterocycles. The van der Waals surface area contributed by atoms with Gasteiger partial charge in [0.25, 0.3) is 0 Å². The number of nitrogens with zero attached hydrogens (tertiary/aromatic N) is 1. The minimum atomic E-state index is -0.382. The van der Waals surface area contributed by atoms with Gasteiger partial charge in [0.1, 0.15) is 0 Å². The van der Waals surface area contributed by atoms with Gasteiger partial charge in [-0.2, -0.15) is 0 Å². The molecule has 16 heavy (non-hydrogen) atoms. The van der Waals surface area contributed by atoms with Crippen molar-refractivity contribution in [2.75, 3.05) is 20.7 Å². The topological polar surface area (TPSA) is 58.6 Å². The first-order valence-electron chi connectivity index (χ1n) is 5.38. The first-order valence-corrected chi connectivity index (χ1v) is 5.38. The van der Waals surface area contributed by atoms with Crippen LogP contribution in [-0.2, 0) is 14.4 Å². The van der Waals surface area contributed by atoms with Crippen LogP contribution >= 0.6 is 0 Å². The Balaban J connectivity index is 3.70. The standard InChI is InChI=1S/C11H22N2O3/c1-11(2,3)10(15)12-8-6-7-9(14)13(4)16-5/h6-8H2,1-5H3,(H,12,15). The number of rotatable bonds is 5. The summed E-state index contributed by atoms with van der Waals surface area (Å²) in [5.74, 6) is -0.0902. The second kappa shape index (κ2) is 6.48. The third-order valence-electron chi connectivity index (χ3n) is 2.16. The van der Waals surface area contributed by atoms with Gasteiger partial charge in [0.05, 0.1) is 7.11 Å². The maximum atomic E-state index is 11.5. The van der Waals surface area contributed by atoms with Crippen LogP contribution in [0.15, 0.2) is 0 Å². The summed E-state index contributed by atoms with van der Waals surface area (Å²) in [7, 11) is 3.01.